The summed E-state index contributed by atoms with van der Waals surface area (Å²) in [6.07, 6.45) is -2.90. The number of nitrogens with one attached hydrogen (secondary N) is 1. The first-order valence-electron chi connectivity index (χ1n) is 5.86. The largest absolute Gasteiger partial charge is 0.418 e. The van der Waals surface area contributed by atoms with E-state index in [9.17, 15) is 18.0 Å². The third kappa shape index (κ3) is 3.37. The van der Waals surface area contributed by atoms with E-state index in [1.165, 1.54) is 18.2 Å². The summed E-state index contributed by atoms with van der Waals surface area (Å²) in [7, 11) is 0. The van der Waals surface area contributed by atoms with Gasteiger partial charge in [-0.05, 0) is 25.0 Å². The Labute approximate surface area is 108 Å². The molecular formula is C12H13F3N2O2. The van der Waals surface area contributed by atoms with Crippen LogP contribution in [-0.4, -0.2) is 24.2 Å². The molecule has 1 heterocycles. The summed E-state index contributed by atoms with van der Waals surface area (Å²) in [5.74, 6) is 0. The molecule has 4 nitrogen and oxygen atoms in total. The zero-order chi connectivity index (χ0) is 13.9. The zero-order valence-electron chi connectivity index (χ0n) is 10.0. The van der Waals surface area contributed by atoms with Crippen LogP contribution in [0.5, 0.6) is 0 Å². The van der Waals surface area contributed by atoms with E-state index in [0.29, 0.717) is 13.2 Å². The number of hydrogen-bond donors (Lipinski definition) is 1. The number of alkyl halides is 3. The molecule has 0 bridgehead atoms. The highest BCUT2D eigenvalue weighted by atomic mass is 19.4. The second-order valence-corrected chi connectivity index (χ2v) is 4.12. The predicted octanol–water partition coefficient (Wildman–Crippen LogP) is 3.26. The van der Waals surface area contributed by atoms with E-state index in [2.05, 4.69) is 5.32 Å². The van der Waals surface area contributed by atoms with E-state index in [1.807, 2.05) is 0 Å². The van der Waals surface area contributed by atoms with Crippen molar-refractivity contribution in [2.75, 3.05) is 18.5 Å². The number of benzene rings is 1. The maximum atomic E-state index is 12.7. The number of nitrogens with zero attached hydrogens (tertiary/aromatic N) is 1. The van der Waals surface area contributed by atoms with Crippen LogP contribution in [0.2, 0.25) is 0 Å². The smallest absolute Gasteiger partial charge is 0.305 e. The molecule has 1 fully saturated rings. The molecule has 7 heteroatoms. The first kappa shape index (κ1) is 13.7. The van der Waals surface area contributed by atoms with Crippen LogP contribution in [0.25, 0.3) is 0 Å². The Balaban J connectivity index is 2.12. The van der Waals surface area contributed by atoms with Gasteiger partial charge in [0.15, 0.2) is 0 Å². The molecule has 2 rings (SSSR count). The van der Waals surface area contributed by atoms with Gasteiger partial charge in [-0.25, -0.2) is 9.86 Å². The molecular weight excluding hydrogens is 261 g/mol. The van der Waals surface area contributed by atoms with Gasteiger partial charge in [0.25, 0.3) is 0 Å². The van der Waals surface area contributed by atoms with Crippen LogP contribution in [0.3, 0.4) is 0 Å². The van der Waals surface area contributed by atoms with Crippen molar-refractivity contribution in [2.24, 2.45) is 0 Å². The minimum atomic E-state index is -4.51. The monoisotopic (exact) mass is 274 g/mol. The molecule has 0 aromatic heterocycles. The van der Waals surface area contributed by atoms with Crippen molar-refractivity contribution in [3.63, 3.8) is 0 Å². The van der Waals surface area contributed by atoms with Gasteiger partial charge >= 0.3 is 12.2 Å². The summed E-state index contributed by atoms with van der Waals surface area (Å²) in [6, 6.07) is 4.16. The number of amides is 2. The number of anilines is 1. The van der Waals surface area contributed by atoms with Crippen molar-refractivity contribution in [3.05, 3.63) is 29.8 Å². The third-order valence-corrected chi connectivity index (χ3v) is 2.70. The first-order valence-corrected chi connectivity index (χ1v) is 5.86. The van der Waals surface area contributed by atoms with E-state index in [1.54, 1.807) is 0 Å². The predicted molar refractivity (Wildman–Crippen MR) is 62.4 cm³/mol. The van der Waals surface area contributed by atoms with E-state index < -0.39 is 17.8 Å². The topological polar surface area (TPSA) is 41.6 Å². The molecule has 2 amide bonds. The number of para-hydroxylation sites is 1. The molecule has 0 atom stereocenters. The molecule has 0 radical (unpaired) electrons. The summed E-state index contributed by atoms with van der Waals surface area (Å²) in [5, 5.41) is 3.28. The minimum absolute atomic E-state index is 0.269. The van der Waals surface area contributed by atoms with Gasteiger partial charge in [0, 0.05) is 0 Å². The van der Waals surface area contributed by atoms with Crippen molar-refractivity contribution >= 4 is 11.7 Å². The fourth-order valence-corrected chi connectivity index (χ4v) is 1.77. The zero-order valence-corrected chi connectivity index (χ0v) is 10.0. The average molecular weight is 274 g/mol. The highest BCUT2D eigenvalue weighted by Gasteiger charge is 2.34. The summed E-state index contributed by atoms with van der Waals surface area (Å²) in [5.41, 5.74) is -1.14. The Morgan fingerprint density at radius 3 is 2.63 bits per heavy atom. The number of carbonyl (C=O) groups is 1. The lowest BCUT2D eigenvalue weighted by molar-refractivity contribution is -0.138. The van der Waals surface area contributed by atoms with E-state index in [-0.39, 0.29) is 5.69 Å². The number of halogens is 3. The maximum absolute atomic E-state index is 12.7. The summed E-state index contributed by atoms with van der Waals surface area (Å²) in [4.78, 5) is 16.8. The molecule has 0 saturated carbocycles. The standard InChI is InChI=1S/C12H13F3N2O2/c13-12(14,15)9-5-1-2-6-10(9)16-11(18)17-7-3-4-8-19-17/h1-2,5-6H,3-4,7-8H2,(H,16,18). The second kappa shape index (κ2) is 5.48. The number of hydroxylamine groups is 2. The number of rotatable bonds is 1. The van der Waals surface area contributed by atoms with E-state index >= 15 is 0 Å². The van der Waals surface area contributed by atoms with Crippen LogP contribution in [0.15, 0.2) is 24.3 Å². The fourth-order valence-electron chi connectivity index (χ4n) is 1.77. The average Bonchev–Trinajstić information content (AvgIpc) is 2.39. The van der Waals surface area contributed by atoms with Gasteiger partial charge < -0.3 is 5.32 Å². The molecule has 1 aliphatic heterocycles. The molecule has 1 aromatic rings. The fraction of sp³-hybridized carbons (Fsp3) is 0.417. The summed E-state index contributed by atoms with van der Waals surface area (Å²) < 4.78 is 38.2. The van der Waals surface area contributed by atoms with Gasteiger partial charge in [-0.15, -0.1) is 0 Å². The molecule has 0 unspecified atom stereocenters. The van der Waals surface area contributed by atoms with Crippen molar-refractivity contribution in [1.29, 1.82) is 0 Å². The van der Waals surface area contributed by atoms with Gasteiger partial charge in [-0.2, -0.15) is 13.2 Å². The molecule has 0 aliphatic carbocycles. The Kier molecular flexibility index (Phi) is 3.94. The minimum Gasteiger partial charge on any atom is -0.305 e. The van der Waals surface area contributed by atoms with Crippen LogP contribution in [0.1, 0.15) is 18.4 Å². The molecule has 1 saturated heterocycles. The Bertz CT molecular complexity index is 457. The summed E-state index contributed by atoms with van der Waals surface area (Å²) in [6.45, 7) is 0.772. The Hall–Kier alpha value is -1.76. The quantitative estimate of drug-likeness (QED) is 0.854. The van der Waals surface area contributed by atoms with E-state index in [4.69, 9.17) is 4.84 Å². The molecule has 104 valence electrons. The van der Waals surface area contributed by atoms with Crippen LogP contribution in [0, 0.1) is 0 Å². The molecule has 0 spiro atoms. The maximum Gasteiger partial charge on any atom is 0.418 e. The van der Waals surface area contributed by atoms with Crippen LogP contribution >= 0.6 is 0 Å². The highest BCUT2D eigenvalue weighted by Crippen LogP contribution is 2.34. The molecule has 1 aliphatic rings. The lowest BCUT2D eigenvalue weighted by atomic mass is 10.1. The van der Waals surface area contributed by atoms with Gasteiger partial charge in [0.1, 0.15) is 0 Å². The number of hydrogen-bond acceptors (Lipinski definition) is 2. The summed E-state index contributed by atoms with van der Waals surface area (Å²) >= 11 is 0. The van der Waals surface area contributed by atoms with Crippen LogP contribution in [0.4, 0.5) is 23.7 Å². The SMILES string of the molecule is O=C(Nc1ccccc1C(F)(F)F)N1CCCCO1. The second-order valence-electron chi connectivity index (χ2n) is 4.12. The highest BCUT2D eigenvalue weighted by molar-refractivity contribution is 5.89. The lowest BCUT2D eigenvalue weighted by Crippen LogP contribution is -2.39. The third-order valence-electron chi connectivity index (χ3n) is 2.70. The number of urea groups is 1. The van der Waals surface area contributed by atoms with Crippen LogP contribution < -0.4 is 5.32 Å². The molecule has 19 heavy (non-hydrogen) atoms. The first-order chi connectivity index (χ1) is 8.98. The normalized spacial score (nSPS) is 16.3. The van der Waals surface area contributed by atoms with Gasteiger partial charge in [-0.3, -0.25) is 4.84 Å². The van der Waals surface area contributed by atoms with Gasteiger partial charge in [-0.1, -0.05) is 12.1 Å². The Morgan fingerprint density at radius 2 is 2.00 bits per heavy atom. The Morgan fingerprint density at radius 1 is 1.26 bits per heavy atom. The van der Waals surface area contributed by atoms with Crippen molar-refractivity contribution in [1.82, 2.24) is 5.06 Å². The van der Waals surface area contributed by atoms with Crippen molar-refractivity contribution < 1.29 is 22.8 Å². The van der Waals surface area contributed by atoms with Gasteiger partial charge in [0.05, 0.1) is 24.4 Å². The van der Waals surface area contributed by atoms with Crippen molar-refractivity contribution in [3.8, 4) is 0 Å². The number of carbonyl (C=O) groups excluding carboxylic acids is 1. The molecule has 1 N–H and O–H groups in total. The van der Waals surface area contributed by atoms with Crippen LogP contribution in [-0.2, 0) is 11.0 Å². The van der Waals surface area contributed by atoms with Crippen molar-refractivity contribution in [2.45, 2.75) is 19.0 Å². The lowest BCUT2D eigenvalue weighted by Gasteiger charge is -2.26. The van der Waals surface area contributed by atoms with E-state index in [0.717, 1.165) is 24.0 Å². The van der Waals surface area contributed by atoms with Gasteiger partial charge in [0.2, 0.25) is 0 Å². The molecule has 1 aromatic carbocycles.